The molecule has 8 nitrogen and oxygen atoms in total. The van der Waals surface area contributed by atoms with Gasteiger partial charge in [-0.15, -0.1) is 0 Å². The van der Waals surface area contributed by atoms with Crippen molar-refractivity contribution in [1.29, 1.82) is 0 Å². The van der Waals surface area contributed by atoms with E-state index in [-0.39, 0.29) is 21.8 Å². The summed E-state index contributed by atoms with van der Waals surface area (Å²) in [4.78, 5) is 12.2. The van der Waals surface area contributed by atoms with Crippen LogP contribution in [0.3, 0.4) is 0 Å². The average Bonchev–Trinajstić information content (AvgIpc) is 2.82. The molecule has 0 saturated carbocycles. The molecule has 142 valence electrons. The van der Waals surface area contributed by atoms with E-state index < -0.39 is 10.0 Å². The molecule has 0 bridgehead atoms. The highest BCUT2D eigenvalue weighted by Crippen LogP contribution is 2.29. The molecule has 3 heterocycles. The van der Waals surface area contributed by atoms with Crippen LogP contribution in [-0.2, 0) is 22.0 Å². The molecule has 2 aromatic heterocycles. The van der Waals surface area contributed by atoms with Crippen LogP contribution in [0.2, 0.25) is 0 Å². The van der Waals surface area contributed by atoms with Gasteiger partial charge in [-0.3, -0.25) is 4.79 Å². The summed E-state index contributed by atoms with van der Waals surface area (Å²) in [5, 5.41) is 8.16. The minimum absolute atomic E-state index is 0.0469. The van der Waals surface area contributed by atoms with Crippen LogP contribution >= 0.6 is 0 Å². The van der Waals surface area contributed by atoms with Crippen LogP contribution in [0.5, 0.6) is 0 Å². The molecule has 3 rings (SSSR count). The zero-order chi connectivity index (χ0) is 19.3. The first kappa shape index (κ1) is 18.8. The second-order valence-corrected chi connectivity index (χ2v) is 9.71. The molecule has 0 aliphatic carbocycles. The third-order valence-corrected chi connectivity index (χ3v) is 6.63. The molecule has 9 heteroatoms. The lowest BCUT2D eigenvalue weighted by Gasteiger charge is -2.38. The Morgan fingerprint density at radius 3 is 2.42 bits per heavy atom. The number of hydrogen-bond donors (Lipinski definition) is 0. The highest BCUT2D eigenvalue weighted by Gasteiger charge is 2.40. The van der Waals surface area contributed by atoms with Gasteiger partial charge in [0.15, 0.2) is 5.76 Å². The number of aryl methyl sites for hydroxylation is 2. The normalized spacial score (nSPS) is 16.7. The summed E-state index contributed by atoms with van der Waals surface area (Å²) in [6.45, 7) is 10.4. The minimum Gasteiger partial charge on any atom is -0.360 e. The second-order valence-electron chi connectivity index (χ2n) is 7.83. The van der Waals surface area contributed by atoms with Gasteiger partial charge in [-0.2, -0.15) is 9.40 Å². The summed E-state index contributed by atoms with van der Waals surface area (Å²) in [5.74, 6) is 0.340. The molecule has 0 atom stereocenters. The average molecular weight is 380 g/mol. The maximum Gasteiger partial charge on any atom is 0.266 e. The van der Waals surface area contributed by atoms with Crippen molar-refractivity contribution >= 4 is 10.0 Å². The Bertz CT molecular complexity index is 959. The zero-order valence-electron chi connectivity index (χ0n) is 15.7. The molecule has 0 unspecified atom stereocenters. The fraction of sp³-hybridized carbons (Fsp3) is 0.588. The molecule has 26 heavy (non-hydrogen) atoms. The van der Waals surface area contributed by atoms with Crippen molar-refractivity contribution in [2.45, 2.75) is 51.5 Å². The fourth-order valence-electron chi connectivity index (χ4n) is 3.03. The molecule has 1 aliphatic rings. The Morgan fingerprint density at radius 2 is 1.88 bits per heavy atom. The number of sulfonamides is 1. The smallest absolute Gasteiger partial charge is 0.266 e. The summed E-state index contributed by atoms with van der Waals surface area (Å²) >= 11 is 0. The van der Waals surface area contributed by atoms with E-state index in [1.807, 2.05) is 20.8 Å². The van der Waals surface area contributed by atoms with Crippen molar-refractivity contribution in [1.82, 2.24) is 19.2 Å². The summed E-state index contributed by atoms with van der Waals surface area (Å²) < 4.78 is 33.2. The molecule has 0 aromatic carbocycles. The van der Waals surface area contributed by atoms with E-state index in [1.54, 1.807) is 19.9 Å². The van der Waals surface area contributed by atoms with Gasteiger partial charge < -0.3 is 4.52 Å². The third kappa shape index (κ3) is 3.33. The maximum absolute atomic E-state index is 12.7. The SMILES string of the molecule is Cc1noc(C)c1S(=O)(=O)N1CC(Cn2nc(C(C)(C)C)ccc2=O)C1. The van der Waals surface area contributed by atoms with Crippen LogP contribution in [0.1, 0.15) is 37.9 Å². The van der Waals surface area contributed by atoms with Crippen LogP contribution in [0.4, 0.5) is 0 Å². The van der Waals surface area contributed by atoms with E-state index in [1.165, 1.54) is 15.1 Å². The predicted molar refractivity (Wildman–Crippen MR) is 95.4 cm³/mol. The summed E-state index contributed by atoms with van der Waals surface area (Å²) in [6, 6.07) is 3.26. The molecule has 1 aliphatic heterocycles. The van der Waals surface area contributed by atoms with Crippen LogP contribution in [0.15, 0.2) is 26.3 Å². The van der Waals surface area contributed by atoms with Gasteiger partial charge in [-0.1, -0.05) is 25.9 Å². The van der Waals surface area contributed by atoms with E-state index in [9.17, 15) is 13.2 Å². The highest BCUT2D eigenvalue weighted by molar-refractivity contribution is 7.89. The Labute approximate surface area is 152 Å². The first-order valence-electron chi connectivity index (χ1n) is 8.52. The first-order chi connectivity index (χ1) is 12.0. The van der Waals surface area contributed by atoms with Crippen molar-refractivity contribution in [3.05, 3.63) is 39.6 Å². The Balaban J connectivity index is 1.73. The van der Waals surface area contributed by atoms with Gasteiger partial charge in [0, 0.05) is 30.5 Å². The van der Waals surface area contributed by atoms with Crippen LogP contribution in [-0.4, -0.2) is 40.7 Å². The zero-order valence-corrected chi connectivity index (χ0v) is 16.5. The lowest BCUT2D eigenvalue weighted by Crippen LogP contribution is -2.52. The maximum atomic E-state index is 12.7. The molecular weight excluding hydrogens is 356 g/mol. The van der Waals surface area contributed by atoms with Crippen molar-refractivity contribution in [3.63, 3.8) is 0 Å². The van der Waals surface area contributed by atoms with E-state index in [0.717, 1.165) is 5.69 Å². The number of aromatic nitrogens is 3. The molecule has 1 saturated heterocycles. The topological polar surface area (TPSA) is 98.3 Å². The minimum atomic E-state index is -3.62. The monoisotopic (exact) mass is 380 g/mol. The van der Waals surface area contributed by atoms with Gasteiger partial charge in [-0.25, -0.2) is 13.1 Å². The first-order valence-corrected chi connectivity index (χ1v) is 9.96. The van der Waals surface area contributed by atoms with Crippen molar-refractivity contribution < 1.29 is 12.9 Å². The molecule has 0 radical (unpaired) electrons. The van der Waals surface area contributed by atoms with Crippen LogP contribution in [0, 0.1) is 19.8 Å². The van der Waals surface area contributed by atoms with Crippen molar-refractivity contribution in [2.75, 3.05) is 13.1 Å². The number of hydrogen-bond acceptors (Lipinski definition) is 6. The Hall–Kier alpha value is -2.00. The van der Waals surface area contributed by atoms with E-state index in [0.29, 0.717) is 31.1 Å². The lowest BCUT2D eigenvalue weighted by molar-refractivity contribution is 0.171. The largest absolute Gasteiger partial charge is 0.360 e. The fourth-order valence-corrected chi connectivity index (χ4v) is 4.91. The molecule has 0 N–H and O–H groups in total. The van der Waals surface area contributed by atoms with Crippen molar-refractivity contribution in [3.8, 4) is 0 Å². The predicted octanol–water partition coefficient (Wildman–Crippen LogP) is 1.47. The van der Waals surface area contributed by atoms with Gasteiger partial charge in [0.25, 0.3) is 5.56 Å². The lowest BCUT2D eigenvalue weighted by atomic mass is 9.92. The summed E-state index contributed by atoms with van der Waals surface area (Å²) in [5.41, 5.74) is 0.858. The Kier molecular flexibility index (Phi) is 4.56. The summed E-state index contributed by atoms with van der Waals surface area (Å²) in [6.07, 6.45) is 0. The highest BCUT2D eigenvalue weighted by atomic mass is 32.2. The van der Waals surface area contributed by atoms with Gasteiger partial charge >= 0.3 is 0 Å². The van der Waals surface area contributed by atoms with Gasteiger partial charge in [0.1, 0.15) is 10.6 Å². The number of rotatable bonds is 4. The molecule has 1 fully saturated rings. The van der Waals surface area contributed by atoms with Gasteiger partial charge in [0.2, 0.25) is 10.0 Å². The number of nitrogens with zero attached hydrogens (tertiary/aromatic N) is 4. The van der Waals surface area contributed by atoms with E-state index in [2.05, 4.69) is 10.3 Å². The third-order valence-electron chi connectivity index (χ3n) is 4.56. The van der Waals surface area contributed by atoms with Crippen molar-refractivity contribution in [2.24, 2.45) is 5.92 Å². The molecule has 2 aromatic rings. The second kappa shape index (κ2) is 6.31. The van der Waals surface area contributed by atoms with E-state index in [4.69, 9.17) is 4.52 Å². The van der Waals surface area contributed by atoms with Gasteiger partial charge in [0.05, 0.1) is 12.2 Å². The standard InChI is InChI=1S/C17H24N4O4S/c1-11-16(12(2)25-19-11)26(23,24)20-8-13(9-20)10-21-15(22)7-6-14(18-21)17(3,4)5/h6-7,13H,8-10H2,1-5H3. The van der Waals surface area contributed by atoms with Crippen LogP contribution in [0.25, 0.3) is 0 Å². The van der Waals surface area contributed by atoms with Gasteiger partial charge in [-0.05, 0) is 19.9 Å². The molecule has 0 spiro atoms. The molecular formula is C17H24N4O4S. The Morgan fingerprint density at radius 1 is 1.23 bits per heavy atom. The van der Waals surface area contributed by atoms with Crippen LogP contribution < -0.4 is 5.56 Å². The van der Waals surface area contributed by atoms with E-state index >= 15 is 0 Å². The molecule has 0 amide bonds. The quantitative estimate of drug-likeness (QED) is 0.796. The summed E-state index contributed by atoms with van der Waals surface area (Å²) in [7, 11) is -3.62.